The van der Waals surface area contributed by atoms with Crippen molar-refractivity contribution in [2.45, 2.75) is 31.6 Å². The maximum atomic E-state index is 13.1. The molecule has 2 aromatic carbocycles. The van der Waals surface area contributed by atoms with Gasteiger partial charge in [-0.2, -0.15) is 0 Å². The fourth-order valence-electron chi connectivity index (χ4n) is 3.98. The molecule has 1 fully saturated rings. The summed E-state index contributed by atoms with van der Waals surface area (Å²) in [5.74, 6) is 1.10. The van der Waals surface area contributed by atoms with E-state index in [1.807, 2.05) is 42.5 Å². The van der Waals surface area contributed by atoms with Crippen LogP contribution in [0.2, 0.25) is 0 Å². The van der Waals surface area contributed by atoms with Gasteiger partial charge in [0.05, 0.1) is 12.0 Å². The van der Waals surface area contributed by atoms with Crippen molar-refractivity contribution >= 4 is 23.6 Å². The van der Waals surface area contributed by atoms with E-state index in [1.165, 1.54) is 0 Å². The Labute approximate surface area is 168 Å². The van der Waals surface area contributed by atoms with Crippen LogP contribution >= 0.6 is 0 Å². The van der Waals surface area contributed by atoms with Gasteiger partial charge in [-0.25, -0.2) is 4.79 Å². The molecule has 0 aromatic heterocycles. The molecule has 0 unspecified atom stereocenters. The Morgan fingerprint density at radius 3 is 2.72 bits per heavy atom. The molecule has 2 aliphatic carbocycles. The Bertz CT molecular complexity index is 1050. The molecule has 0 spiro atoms. The van der Waals surface area contributed by atoms with Crippen LogP contribution < -0.4 is 14.8 Å². The lowest BCUT2D eigenvalue weighted by Crippen LogP contribution is -2.27. The first-order chi connectivity index (χ1) is 14.1. The monoisotopic (exact) mass is 391 g/mol. The first-order valence-electron chi connectivity index (χ1n) is 9.81. The van der Waals surface area contributed by atoms with Crippen molar-refractivity contribution in [3.63, 3.8) is 0 Å². The lowest BCUT2D eigenvalue weighted by atomic mass is 9.94. The van der Waals surface area contributed by atoms with E-state index in [0.717, 1.165) is 35.2 Å². The van der Waals surface area contributed by atoms with Gasteiger partial charge in [0.15, 0.2) is 11.5 Å². The van der Waals surface area contributed by atoms with Crippen LogP contribution in [0.4, 0.5) is 5.69 Å². The van der Waals surface area contributed by atoms with Crippen molar-refractivity contribution in [2.75, 3.05) is 18.7 Å². The van der Waals surface area contributed by atoms with Gasteiger partial charge in [0.25, 0.3) is 0 Å². The van der Waals surface area contributed by atoms with Crippen molar-refractivity contribution in [1.82, 2.24) is 0 Å². The van der Waals surface area contributed by atoms with Crippen LogP contribution in [0.15, 0.2) is 42.0 Å². The van der Waals surface area contributed by atoms with Crippen molar-refractivity contribution in [3.8, 4) is 11.5 Å². The second kappa shape index (κ2) is 6.65. The van der Waals surface area contributed by atoms with E-state index in [2.05, 4.69) is 5.32 Å². The van der Waals surface area contributed by atoms with E-state index in [4.69, 9.17) is 14.2 Å². The Morgan fingerprint density at radius 1 is 1.10 bits per heavy atom. The van der Waals surface area contributed by atoms with Crippen LogP contribution in [0.25, 0.3) is 6.08 Å². The summed E-state index contributed by atoms with van der Waals surface area (Å²) < 4.78 is 15.9. The van der Waals surface area contributed by atoms with E-state index in [-0.39, 0.29) is 18.7 Å². The van der Waals surface area contributed by atoms with Gasteiger partial charge in [-0.05, 0) is 66.8 Å². The number of carbonyl (C=O) groups is 2. The average molecular weight is 391 g/mol. The Kier molecular flexibility index (Phi) is 4.08. The molecule has 0 radical (unpaired) electrons. The second-order valence-corrected chi connectivity index (χ2v) is 7.58. The number of carbonyl (C=O) groups excluding carboxylic acids is 2. The molecule has 3 aliphatic rings. The molecule has 1 N–H and O–H groups in total. The molecule has 6 nitrogen and oxygen atoms in total. The van der Waals surface area contributed by atoms with Crippen molar-refractivity contribution in [1.29, 1.82) is 0 Å². The number of fused-ring (bicyclic) bond motifs is 2. The average Bonchev–Trinajstić information content (AvgIpc) is 3.21. The Balaban J connectivity index is 1.34. The molecule has 0 saturated heterocycles. The zero-order chi connectivity index (χ0) is 20.0. The van der Waals surface area contributed by atoms with Gasteiger partial charge in [0, 0.05) is 17.7 Å². The normalized spacial score (nSPS) is 17.3. The van der Waals surface area contributed by atoms with Gasteiger partial charge in [0.2, 0.25) is 12.7 Å². The highest BCUT2D eigenvalue weighted by Crippen LogP contribution is 2.51. The zero-order valence-corrected chi connectivity index (χ0v) is 16.1. The van der Waals surface area contributed by atoms with Crippen LogP contribution in [-0.4, -0.2) is 25.3 Å². The number of ether oxygens (including phenoxy) is 3. The summed E-state index contributed by atoms with van der Waals surface area (Å²) >= 11 is 0. The largest absolute Gasteiger partial charge is 0.463 e. The van der Waals surface area contributed by atoms with E-state index >= 15 is 0 Å². The topological polar surface area (TPSA) is 73.9 Å². The van der Waals surface area contributed by atoms with Gasteiger partial charge < -0.3 is 19.5 Å². The number of amides is 1. The third kappa shape index (κ3) is 3.05. The summed E-state index contributed by atoms with van der Waals surface area (Å²) in [6, 6.07) is 11.5. The molecule has 2 aromatic rings. The Morgan fingerprint density at radius 2 is 1.93 bits per heavy atom. The third-order valence-electron chi connectivity index (χ3n) is 5.76. The Hall–Kier alpha value is -3.28. The first-order valence-corrected chi connectivity index (χ1v) is 9.81. The number of anilines is 1. The molecule has 1 aliphatic heterocycles. The first kappa shape index (κ1) is 17.8. The van der Waals surface area contributed by atoms with E-state index in [9.17, 15) is 9.59 Å². The summed E-state index contributed by atoms with van der Waals surface area (Å²) in [5.41, 5.74) is 3.80. The number of hydrogen-bond donors (Lipinski definition) is 1. The fourth-order valence-corrected chi connectivity index (χ4v) is 3.98. The molecular weight excluding hydrogens is 370 g/mol. The van der Waals surface area contributed by atoms with Crippen LogP contribution in [0.3, 0.4) is 0 Å². The standard InChI is InChI=1S/C23H21NO5/c1-2-27-21(25)16-9-14-3-5-18(11-15(14)10-16)24-22(26)23(7-8-23)17-4-6-19-20(12-17)29-13-28-19/h3-6,10-12H,2,7-9,13H2,1H3,(H,24,26). The summed E-state index contributed by atoms with van der Waals surface area (Å²) in [5, 5.41) is 3.05. The number of rotatable bonds is 5. The maximum absolute atomic E-state index is 13.1. The minimum absolute atomic E-state index is 0.0242. The maximum Gasteiger partial charge on any atom is 0.334 e. The smallest absolute Gasteiger partial charge is 0.334 e. The molecule has 1 saturated carbocycles. The minimum atomic E-state index is -0.522. The summed E-state index contributed by atoms with van der Waals surface area (Å²) in [6.07, 6.45) is 4.00. The predicted molar refractivity (Wildman–Crippen MR) is 107 cm³/mol. The van der Waals surface area contributed by atoms with Gasteiger partial charge in [-0.15, -0.1) is 0 Å². The minimum Gasteiger partial charge on any atom is -0.463 e. The third-order valence-corrected chi connectivity index (χ3v) is 5.76. The van der Waals surface area contributed by atoms with E-state index in [1.54, 1.807) is 6.92 Å². The number of benzene rings is 2. The van der Waals surface area contributed by atoms with Gasteiger partial charge >= 0.3 is 5.97 Å². The molecule has 0 bridgehead atoms. The molecule has 148 valence electrons. The molecule has 5 rings (SSSR count). The lowest BCUT2D eigenvalue weighted by molar-refractivity contribution is -0.138. The highest BCUT2D eigenvalue weighted by Gasteiger charge is 2.51. The predicted octanol–water partition coefficient (Wildman–Crippen LogP) is 3.59. The zero-order valence-electron chi connectivity index (χ0n) is 16.1. The van der Waals surface area contributed by atoms with Crippen molar-refractivity contribution in [3.05, 3.63) is 58.7 Å². The SMILES string of the molecule is CCOC(=O)C1=Cc2cc(NC(=O)C3(c4ccc5c(c4)OCO5)CC3)ccc2C1. The second-order valence-electron chi connectivity index (χ2n) is 7.58. The summed E-state index contributed by atoms with van der Waals surface area (Å²) in [6.45, 7) is 2.37. The quantitative estimate of drug-likeness (QED) is 0.789. The molecule has 0 atom stereocenters. The molecule has 1 amide bonds. The lowest BCUT2D eigenvalue weighted by Gasteiger charge is -2.17. The van der Waals surface area contributed by atoms with Crippen LogP contribution in [0, 0.1) is 0 Å². The number of nitrogens with one attached hydrogen (secondary N) is 1. The molecule has 29 heavy (non-hydrogen) atoms. The van der Waals surface area contributed by atoms with Crippen LogP contribution in [0.5, 0.6) is 11.5 Å². The fraction of sp³-hybridized carbons (Fsp3) is 0.304. The number of hydrogen-bond acceptors (Lipinski definition) is 5. The van der Waals surface area contributed by atoms with E-state index < -0.39 is 5.41 Å². The molecule has 6 heteroatoms. The highest BCUT2D eigenvalue weighted by molar-refractivity contribution is 6.02. The van der Waals surface area contributed by atoms with Crippen molar-refractivity contribution in [2.24, 2.45) is 0 Å². The van der Waals surface area contributed by atoms with Gasteiger partial charge in [-0.3, -0.25) is 4.79 Å². The molecular formula is C23H21NO5. The van der Waals surface area contributed by atoms with Gasteiger partial charge in [0.1, 0.15) is 0 Å². The van der Waals surface area contributed by atoms with Crippen molar-refractivity contribution < 1.29 is 23.8 Å². The molecule has 1 heterocycles. The summed E-state index contributed by atoms with van der Waals surface area (Å²) in [7, 11) is 0. The highest BCUT2D eigenvalue weighted by atomic mass is 16.7. The summed E-state index contributed by atoms with van der Waals surface area (Å²) in [4.78, 5) is 25.1. The van der Waals surface area contributed by atoms with E-state index in [0.29, 0.717) is 30.1 Å². The van der Waals surface area contributed by atoms with Crippen LogP contribution in [-0.2, 0) is 26.2 Å². The number of esters is 1. The van der Waals surface area contributed by atoms with Crippen LogP contribution in [0.1, 0.15) is 36.5 Å². The van der Waals surface area contributed by atoms with Gasteiger partial charge in [-0.1, -0.05) is 12.1 Å².